The molecule has 0 aromatic rings. The molecule has 4 unspecified atom stereocenters. The van der Waals surface area contributed by atoms with Crippen molar-refractivity contribution in [1.82, 2.24) is 9.80 Å². The fourth-order valence-corrected chi connectivity index (χ4v) is 1.45. The Morgan fingerprint density at radius 3 is 2.00 bits per heavy atom. The van der Waals surface area contributed by atoms with Gasteiger partial charge >= 0.3 is 0 Å². The highest BCUT2D eigenvalue weighted by molar-refractivity contribution is 4.70. The number of rotatable bonds is 8. The van der Waals surface area contributed by atoms with Crippen LogP contribution in [0.4, 0.5) is 0 Å². The SMILES string of the molecule is CC(O)C(CN)CN(C)C(C)OC(C)N(C)C. The minimum atomic E-state index is -0.388. The summed E-state index contributed by atoms with van der Waals surface area (Å²) in [6.07, 6.45) is -0.323. The second-order valence-corrected chi connectivity index (χ2v) is 4.97. The van der Waals surface area contributed by atoms with Crippen LogP contribution >= 0.6 is 0 Å². The molecule has 3 N–H and O–H groups in total. The van der Waals surface area contributed by atoms with E-state index >= 15 is 0 Å². The van der Waals surface area contributed by atoms with Gasteiger partial charge in [-0.2, -0.15) is 0 Å². The topological polar surface area (TPSA) is 62.0 Å². The van der Waals surface area contributed by atoms with Gasteiger partial charge in [-0.3, -0.25) is 9.80 Å². The van der Waals surface area contributed by atoms with Gasteiger partial charge in [0.15, 0.2) is 0 Å². The van der Waals surface area contributed by atoms with Crippen molar-refractivity contribution in [2.45, 2.75) is 39.3 Å². The molecule has 0 aromatic heterocycles. The monoisotopic (exact) mass is 247 g/mol. The molecule has 5 heteroatoms. The number of aliphatic hydroxyl groups is 1. The van der Waals surface area contributed by atoms with Crippen molar-refractivity contribution >= 4 is 0 Å². The quantitative estimate of drug-likeness (QED) is 0.598. The molecular formula is C12H29N3O2. The predicted molar refractivity (Wildman–Crippen MR) is 70.6 cm³/mol. The minimum Gasteiger partial charge on any atom is -0.393 e. The lowest BCUT2D eigenvalue weighted by molar-refractivity contribution is -0.125. The van der Waals surface area contributed by atoms with Gasteiger partial charge in [0.25, 0.3) is 0 Å². The molecule has 0 aromatic carbocycles. The van der Waals surface area contributed by atoms with E-state index in [-0.39, 0.29) is 24.5 Å². The normalized spacial score (nSPS) is 19.4. The van der Waals surface area contributed by atoms with E-state index in [2.05, 4.69) is 4.90 Å². The average molecular weight is 247 g/mol. The summed E-state index contributed by atoms with van der Waals surface area (Å²) in [7, 11) is 5.95. The Balaban J connectivity index is 4.16. The van der Waals surface area contributed by atoms with Gasteiger partial charge in [-0.05, 0) is 48.5 Å². The van der Waals surface area contributed by atoms with Crippen LogP contribution in [0.15, 0.2) is 0 Å². The highest BCUT2D eigenvalue weighted by Crippen LogP contribution is 2.09. The average Bonchev–Trinajstić information content (AvgIpc) is 2.24. The maximum atomic E-state index is 9.56. The van der Waals surface area contributed by atoms with Crippen molar-refractivity contribution in [2.75, 3.05) is 34.2 Å². The van der Waals surface area contributed by atoms with Gasteiger partial charge in [0.2, 0.25) is 0 Å². The molecule has 0 rings (SSSR count). The van der Waals surface area contributed by atoms with E-state index in [0.717, 1.165) is 6.54 Å². The zero-order valence-electron chi connectivity index (χ0n) is 12.1. The first-order chi connectivity index (χ1) is 7.79. The highest BCUT2D eigenvalue weighted by atomic mass is 16.5. The van der Waals surface area contributed by atoms with Gasteiger partial charge < -0.3 is 15.6 Å². The van der Waals surface area contributed by atoms with Crippen LogP contribution in [0.25, 0.3) is 0 Å². The molecular weight excluding hydrogens is 218 g/mol. The van der Waals surface area contributed by atoms with Crippen molar-refractivity contribution in [1.29, 1.82) is 0 Å². The van der Waals surface area contributed by atoms with Crippen molar-refractivity contribution in [3.8, 4) is 0 Å². The summed E-state index contributed by atoms with van der Waals surface area (Å²) in [4.78, 5) is 4.09. The van der Waals surface area contributed by atoms with E-state index in [1.807, 2.05) is 39.9 Å². The van der Waals surface area contributed by atoms with Crippen molar-refractivity contribution < 1.29 is 9.84 Å². The lowest BCUT2D eigenvalue weighted by Crippen LogP contribution is -2.43. The number of hydrogen-bond acceptors (Lipinski definition) is 5. The van der Waals surface area contributed by atoms with Gasteiger partial charge in [0.05, 0.1) is 6.10 Å². The molecule has 104 valence electrons. The maximum Gasteiger partial charge on any atom is 0.109 e. The summed E-state index contributed by atoms with van der Waals surface area (Å²) < 4.78 is 5.83. The first-order valence-electron chi connectivity index (χ1n) is 6.19. The van der Waals surface area contributed by atoms with Crippen LogP contribution in [0, 0.1) is 5.92 Å². The standard InChI is InChI=1S/C12H29N3O2/c1-9(16)12(7-13)8-15(6)11(3)17-10(2)14(4)5/h9-12,16H,7-8,13H2,1-6H3. The molecule has 0 spiro atoms. The zero-order chi connectivity index (χ0) is 13.6. The fourth-order valence-electron chi connectivity index (χ4n) is 1.45. The Morgan fingerprint density at radius 2 is 1.65 bits per heavy atom. The Hall–Kier alpha value is -0.200. The lowest BCUT2D eigenvalue weighted by Gasteiger charge is -2.33. The third kappa shape index (κ3) is 6.33. The summed E-state index contributed by atoms with van der Waals surface area (Å²) in [6, 6.07) is 0. The van der Waals surface area contributed by atoms with E-state index in [9.17, 15) is 5.11 Å². The van der Waals surface area contributed by atoms with Gasteiger partial charge in [0, 0.05) is 12.5 Å². The van der Waals surface area contributed by atoms with Gasteiger partial charge in [-0.15, -0.1) is 0 Å². The van der Waals surface area contributed by atoms with E-state index in [1.165, 1.54) is 0 Å². The molecule has 0 saturated carbocycles. The Bertz CT molecular complexity index is 200. The summed E-state index contributed by atoms with van der Waals surface area (Å²) in [5, 5.41) is 9.56. The fraction of sp³-hybridized carbons (Fsp3) is 1.00. The molecule has 0 saturated heterocycles. The first-order valence-corrected chi connectivity index (χ1v) is 6.19. The zero-order valence-corrected chi connectivity index (χ0v) is 12.1. The van der Waals surface area contributed by atoms with Crippen molar-refractivity contribution in [3.05, 3.63) is 0 Å². The molecule has 0 heterocycles. The van der Waals surface area contributed by atoms with Gasteiger partial charge in [-0.1, -0.05) is 0 Å². The minimum absolute atomic E-state index is 0.000185. The number of aliphatic hydroxyl groups excluding tert-OH is 1. The summed E-state index contributed by atoms with van der Waals surface area (Å²) >= 11 is 0. The molecule has 0 amide bonds. The Labute approximate surface area is 106 Å². The Kier molecular flexibility index (Phi) is 7.91. The van der Waals surface area contributed by atoms with Crippen LogP contribution in [-0.2, 0) is 4.74 Å². The molecule has 0 aliphatic rings. The summed E-state index contributed by atoms with van der Waals surface area (Å²) in [6.45, 7) is 7.02. The third-order valence-corrected chi connectivity index (χ3v) is 3.25. The molecule has 0 fully saturated rings. The predicted octanol–water partition coefficient (Wildman–Crippen LogP) is 0.144. The number of nitrogens with zero attached hydrogens (tertiary/aromatic N) is 2. The van der Waals surface area contributed by atoms with Crippen LogP contribution in [0.2, 0.25) is 0 Å². The van der Waals surface area contributed by atoms with Crippen molar-refractivity contribution in [2.24, 2.45) is 11.7 Å². The van der Waals surface area contributed by atoms with Crippen molar-refractivity contribution in [3.63, 3.8) is 0 Å². The smallest absolute Gasteiger partial charge is 0.109 e. The third-order valence-electron chi connectivity index (χ3n) is 3.25. The summed E-state index contributed by atoms with van der Waals surface area (Å²) in [5.74, 6) is 0.0840. The Morgan fingerprint density at radius 1 is 1.12 bits per heavy atom. The highest BCUT2D eigenvalue weighted by Gasteiger charge is 2.20. The summed E-state index contributed by atoms with van der Waals surface area (Å²) in [5.41, 5.74) is 5.64. The second kappa shape index (κ2) is 8.00. The molecule has 0 bridgehead atoms. The van der Waals surface area contributed by atoms with E-state index in [1.54, 1.807) is 6.92 Å². The number of ether oxygens (including phenoxy) is 1. The van der Waals surface area contributed by atoms with Gasteiger partial charge in [-0.25, -0.2) is 0 Å². The van der Waals surface area contributed by atoms with E-state index < -0.39 is 0 Å². The van der Waals surface area contributed by atoms with E-state index in [4.69, 9.17) is 10.5 Å². The van der Waals surface area contributed by atoms with Crippen LogP contribution in [0.3, 0.4) is 0 Å². The van der Waals surface area contributed by atoms with Crippen LogP contribution < -0.4 is 5.73 Å². The maximum absolute atomic E-state index is 9.56. The number of nitrogens with two attached hydrogens (primary N) is 1. The molecule has 0 radical (unpaired) electrons. The molecule has 5 nitrogen and oxygen atoms in total. The lowest BCUT2D eigenvalue weighted by atomic mass is 10.0. The van der Waals surface area contributed by atoms with E-state index in [0.29, 0.717) is 6.54 Å². The van der Waals surface area contributed by atoms with Gasteiger partial charge in [0.1, 0.15) is 12.5 Å². The van der Waals surface area contributed by atoms with Crippen LogP contribution in [-0.4, -0.2) is 67.7 Å². The largest absolute Gasteiger partial charge is 0.393 e. The molecule has 0 aliphatic heterocycles. The van der Waals surface area contributed by atoms with Crippen LogP contribution in [0.5, 0.6) is 0 Å². The molecule has 17 heavy (non-hydrogen) atoms. The molecule has 4 atom stereocenters. The first kappa shape index (κ1) is 16.8. The second-order valence-electron chi connectivity index (χ2n) is 4.97. The number of hydrogen-bond donors (Lipinski definition) is 2. The van der Waals surface area contributed by atoms with Crippen LogP contribution in [0.1, 0.15) is 20.8 Å². The molecule has 0 aliphatic carbocycles.